The highest BCUT2D eigenvalue weighted by Gasteiger charge is 2.12. The first-order valence-corrected chi connectivity index (χ1v) is 7.26. The highest BCUT2D eigenvalue weighted by atomic mass is 32.1. The maximum atomic E-state index is 13.6. The average Bonchev–Trinajstić information content (AvgIpc) is 2.89. The van der Waals surface area contributed by atoms with Crippen molar-refractivity contribution >= 4 is 27.3 Å². The summed E-state index contributed by atoms with van der Waals surface area (Å²) in [5.41, 5.74) is 0.318. The number of hydrogen-bond acceptors (Lipinski definition) is 2. The maximum absolute atomic E-state index is 13.6. The highest BCUT2D eigenvalue weighted by Crippen LogP contribution is 2.27. The van der Waals surface area contributed by atoms with E-state index in [1.54, 1.807) is 12.1 Å². The van der Waals surface area contributed by atoms with Gasteiger partial charge in [0.1, 0.15) is 17.5 Å². The van der Waals surface area contributed by atoms with Crippen molar-refractivity contribution < 1.29 is 18.0 Å². The third-order valence-electron chi connectivity index (χ3n) is 3.11. The first-order chi connectivity index (χ1) is 10.5. The van der Waals surface area contributed by atoms with Crippen LogP contribution < -0.4 is 5.32 Å². The van der Waals surface area contributed by atoms with E-state index in [-0.39, 0.29) is 12.4 Å². The lowest BCUT2D eigenvalue weighted by atomic mass is 10.2. The monoisotopic (exact) mass is 321 g/mol. The van der Waals surface area contributed by atoms with Crippen LogP contribution in [0.15, 0.2) is 42.5 Å². The molecule has 2 nitrogen and oxygen atoms in total. The van der Waals surface area contributed by atoms with Crippen molar-refractivity contribution in [1.29, 1.82) is 0 Å². The van der Waals surface area contributed by atoms with Crippen molar-refractivity contribution in [3.8, 4) is 0 Å². The molecule has 0 aliphatic rings. The van der Waals surface area contributed by atoms with Crippen LogP contribution in [-0.2, 0) is 6.54 Å². The molecule has 1 amide bonds. The molecule has 22 heavy (non-hydrogen) atoms. The van der Waals surface area contributed by atoms with Crippen LogP contribution >= 0.6 is 11.3 Å². The summed E-state index contributed by atoms with van der Waals surface area (Å²) >= 11 is 1.16. The lowest BCUT2D eigenvalue weighted by Gasteiger charge is -2.04. The van der Waals surface area contributed by atoms with Crippen molar-refractivity contribution in [3.05, 3.63) is 70.4 Å². The summed E-state index contributed by atoms with van der Waals surface area (Å²) in [4.78, 5) is 12.4. The summed E-state index contributed by atoms with van der Waals surface area (Å²) in [5, 5.41) is 2.95. The Kier molecular flexibility index (Phi) is 3.85. The van der Waals surface area contributed by atoms with Crippen molar-refractivity contribution in [3.63, 3.8) is 0 Å². The minimum Gasteiger partial charge on any atom is -0.347 e. The molecule has 3 rings (SSSR count). The Balaban J connectivity index is 1.77. The summed E-state index contributed by atoms with van der Waals surface area (Å²) in [7, 11) is 0. The Hall–Kier alpha value is -2.34. The number of carbonyl (C=O) groups excluding carboxylic acids is 1. The second-order valence-corrected chi connectivity index (χ2v) is 5.81. The van der Waals surface area contributed by atoms with E-state index in [1.165, 1.54) is 12.1 Å². The van der Waals surface area contributed by atoms with Gasteiger partial charge in [0.2, 0.25) is 0 Å². The Morgan fingerprint density at radius 3 is 2.45 bits per heavy atom. The molecule has 0 fully saturated rings. The van der Waals surface area contributed by atoms with Gasteiger partial charge in [0, 0.05) is 22.7 Å². The van der Waals surface area contributed by atoms with Gasteiger partial charge in [0.15, 0.2) is 0 Å². The number of halogens is 3. The molecule has 1 heterocycles. The lowest BCUT2D eigenvalue weighted by molar-refractivity contribution is 0.0955. The highest BCUT2D eigenvalue weighted by molar-refractivity contribution is 7.20. The number of thiophene rings is 1. The van der Waals surface area contributed by atoms with Crippen molar-refractivity contribution in [1.82, 2.24) is 5.32 Å². The van der Waals surface area contributed by atoms with Crippen LogP contribution in [0.25, 0.3) is 10.1 Å². The quantitative estimate of drug-likeness (QED) is 0.768. The zero-order valence-electron chi connectivity index (χ0n) is 11.2. The topological polar surface area (TPSA) is 29.1 Å². The van der Waals surface area contributed by atoms with E-state index in [0.29, 0.717) is 20.5 Å². The van der Waals surface area contributed by atoms with E-state index < -0.39 is 17.5 Å². The van der Waals surface area contributed by atoms with Gasteiger partial charge in [-0.1, -0.05) is 6.07 Å². The zero-order chi connectivity index (χ0) is 15.7. The van der Waals surface area contributed by atoms with Crippen LogP contribution in [0.4, 0.5) is 13.2 Å². The Bertz CT molecular complexity index is 839. The first-order valence-electron chi connectivity index (χ1n) is 6.44. The molecule has 0 atom stereocenters. The van der Waals surface area contributed by atoms with Gasteiger partial charge < -0.3 is 5.32 Å². The largest absolute Gasteiger partial charge is 0.347 e. The van der Waals surface area contributed by atoms with Gasteiger partial charge in [0.25, 0.3) is 5.91 Å². The number of rotatable bonds is 3. The third-order valence-corrected chi connectivity index (χ3v) is 4.21. The molecule has 1 N–H and O–H groups in total. The van der Waals surface area contributed by atoms with Crippen molar-refractivity contribution in [2.45, 2.75) is 6.54 Å². The standard InChI is InChI=1S/C16H10F3NOS/c17-10-4-9(5-11(18)6-10)8-20-16(21)15-7-12-13(19)2-1-3-14(12)22-15/h1-7H,8H2,(H,20,21). The van der Waals surface area contributed by atoms with Gasteiger partial charge in [-0.15, -0.1) is 11.3 Å². The molecule has 0 unspecified atom stereocenters. The van der Waals surface area contributed by atoms with E-state index in [2.05, 4.69) is 5.32 Å². The molecule has 6 heteroatoms. The summed E-state index contributed by atoms with van der Waals surface area (Å²) < 4.78 is 40.4. The molecule has 112 valence electrons. The molecule has 0 spiro atoms. The van der Waals surface area contributed by atoms with E-state index in [4.69, 9.17) is 0 Å². The number of hydrogen-bond donors (Lipinski definition) is 1. The molecule has 0 saturated carbocycles. The molecule has 0 saturated heterocycles. The van der Waals surface area contributed by atoms with Crippen LogP contribution in [0.3, 0.4) is 0 Å². The molecular weight excluding hydrogens is 311 g/mol. The molecule has 1 aromatic heterocycles. The van der Waals surface area contributed by atoms with E-state index in [0.717, 1.165) is 29.5 Å². The molecule has 0 bridgehead atoms. The van der Waals surface area contributed by atoms with E-state index in [1.807, 2.05) is 0 Å². The Morgan fingerprint density at radius 2 is 1.77 bits per heavy atom. The van der Waals surface area contributed by atoms with Crippen molar-refractivity contribution in [2.24, 2.45) is 0 Å². The minimum atomic E-state index is -0.701. The summed E-state index contributed by atoms with van der Waals surface area (Å²) in [5.74, 6) is -2.20. The molecule has 3 aromatic rings. The number of fused-ring (bicyclic) bond motifs is 1. The molecular formula is C16H10F3NOS. The second-order valence-electron chi connectivity index (χ2n) is 4.72. The molecule has 0 radical (unpaired) electrons. The van der Waals surface area contributed by atoms with Crippen LogP contribution in [-0.4, -0.2) is 5.91 Å². The number of nitrogens with one attached hydrogen (secondary N) is 1. The smallest absolute Gasteiger partial charge is 0.261 e. The number of benzene rings is 2. The Morgan fingerprint density at radius 1 is 1.05 bits per heavy atom. The third kappa shape index (κ3) is 2.96. The average molecular weight is 321 g/mol. The van der Waals surface area contributed by atoms with E-state index in [9.17, 15) is 18.0 Å². The second kappa shape index (κ2) is 5.81. The SMILES string of the molecule is O=C(NCc1cc(F)cc(F)c1)c1cc2c(F)cccc2s1. The van der Waals surface area contributed by atoms with Crippen LogP contribution in [0.5, 0.6) is 0 Å². The predicted octanol–water partition coefficient (Wildman–Crippen LogP) is 4.25. The first kappa shape index (κ1) is 14.6. The fourth-order valence-corrected chi connectivity index (χ4v) is 3.11. The molecule has 0 aliphatic carbocycles. The summed E-state index contributed by atoms with van der Waals surface area (Å²) in [6.45, 7) is -0.00968. The van der Waals surface area contributed by atoms with E-state index >= 15 is 0 Å². The van der Waals surface area contributed by atoms with Gasteiger partial charge in [-0.25, -0.2) is 13.2 Å². The lowest BCUT2D eigenvalue weighted by Crippen LogP contribution is -2.21. The normalized spacial score (nSPS) is 10.9. The fourth-order valence-electron chi connectivity index (χ4n) is 2.12. The summed E-state index contributed by atoms with van der Waals surface area (Å²) in [6, 6.07) is 9.15. The minimum absolute atomic E-state index is 0.00968. The van der Waals surface area contributed by atoms with Crippen LogP contribution in [0.1, 0.15) is 15.2 Å². The van der Waals surface area contributed by atoms with Gasteiger partial charge >= 0.3 is 0 Å². The summed E-state index contributed by atoms with van der Waals surface area (Å²) in [6.07, 6.45) is 0. The molecule has 2 aromatic carbocycles. The van der Waals surface area contributed by atoms with Gasteiger partial charge in [0.05, 0.1) is 4.88 Å². The number of amides is 1. The van der Waals surface area contributed by atoms with Crippen LogP contribution in [0, 0.1) is 17.5 Å². The zero-order valence-corrected chi connectivity index (χ0v) is 12.0. The fraction of sp³-hybridized carbons (Fsp3) is 0.0625. The predicted molar refractivity (Wildman–Crippen MR) is 79.3 cm³/mol. The van der Waals surface area contributed by atoms with Crippen molar-refractivity contribution in [2.75, 3.05) is 0 Å². The molecule has 0 aliphatic heterocycles. The Labute approximate surface area is 128 Å². The van der Waals surface area contributed by atoms with Gasteiger partial charge in [-0.3, -0.25) is 4.79 Å². The van der Waals surface area contributed by atoms with Gasteiger partial charge in [-0.05, 0) is 35.9 Å². The maximum Gasteiger partial charge on any atom is 0.261 e. The van der Waals surface area contributed by atoms with Gasteiger partial charge in [-0.2, -0.15) is 0 Å². The van der Waals surface area contributed by atoms with Crippen LogP contribution in [0.2, 0.25) is 0 Å². The number of carbonyl (C=O) groups is 1.